The molecule has 0 aromatic heterocycles. The summed E-state index contributed by atoms with van der Waals surface area (Å²) in [4.78, 5) is 13.7. The summed E-state index contributed by atoms with van der Waals surface area (Å²) < 4.78 is 5.40. The highest BCUT2D eigenvalue weighted by atomic mass is 16.5. The molecule has 0 aliphatic carbocycles. The SMILES string of the molecule is CCOCC1CCCCN1C(=O)C(C)N. The fraction of sp³-hybridized carbons (Fsp3) is 0.909. The average Bonchev–Trinajstić information content (AvgIpc) is 2.25. The van der Waals surface area contributed by atoms with Gasteiger partial charge in [0.2, 0.25) is 5.91 Å². The molecule has 1 saturated heterocycles. The molecule has 1 rings (SSSR count). The number of likely N-dealkylation sites (tertiary alicyclic amines) is 1. The Hall–Kier alpha value is -0.610. The number of hydrogen-bond donors (Lipinski definition) is 1. The van der Waals surface area contributed by atoms with Gasteiger partial charge in [-0.25, -0.2) is 0 Å². The second-order valence-corrected chi connectivity index (χ2v) is 4.13. The molecule has 2 N–H and O–H groups in total. The number of ether oxygens (including phenoxy) is 1. The Morgan fingerprint density at radius 1 is 1.60 bits per heavy atom. The Morgan fingerprint density at radius 2 is 2.33 bits per heavy atom. The fourth-order valence-corrected chi connectivity index (χ4v) is 1.98. The number of carbonyl (C=O) groups is 1. The summed E-state index contributed by atoms with van der Waals surface area (Å²) in [7, 11) is 0. The van der Waals surface area contributed by atoms with Gasteiger partial charge in [0.1, 0.15) is 0 Å². The molecule has 1 aliphatic rings. The normalized spacial score (nSPS) is 23.9. The van der Waals surface area contributed by atoms with Gasteiger partial charge in [0.15, 0.2) is 0 Å². The number of nitrogens with zero attached hydrogens (tertiary/aromatic N) is 1. The summed E-state index contributed by atoms with van der Waals surface area (Å²) in [5.41, 5.74) is 5.63. The van der Waals surface area contributed by atoms with Gasteiger partial charge in [-0.1, -0.05) is 0 Å². The molecule has 0 radical (unpaired) electrons. The number of hydrogen-bond acceptors (Lipinski definition) is 3. The van der Waals surface area contributed by atoms with Crippen LogP contribution in [-0.4, -0.2) is 42.6 Å². The summed E-state index contributed by atoms with van der Waals surface area (Å²) in [6, 6.07) is -0.163. The van der Waals surface area contributed by atoms with Gasteiger partial charge < -0.3 is 15.4 Å². The van der Waals surface area contributed by atoms with Crippen LogP contribution >= 0.6 is 0 Å². The molecule has 2 unspecified atom stereocenters. The Kier molecular flexibility index (Phi) is 5.05. The van der Waals surface area contributed by atoms with Gasteiger partial charge in [-0.3, -0.25) is 4.79 Å². The van der Waals surface area contributed by atoms with Crippen molar-refractivity contribution in [2.24, 2.45) is 5.73 Å². The van der Waals surface area contributed by atoms with Crippen LogP contribution in [0.1, 0.15) is 33.1 Å². The number of carbonyl (C=O) groups excluding carboxylic acids is 1. The predicted octanol–water partition coefficient (Wildman–Crippen LogP) is 0.751. The van der Waals surface area contributed by atoms with Crippen LogP contribution in [-0.2, 0) is 9.53 Å². The topological polar surface area (TPSA) is 55.6 Å². The minimum absolute atomic E-state index is 0.0550. The van der Waals surface area contributed by atoms with Gasteiger partial charge >= 0.3 is 0 Å². The zero-order chi connectivity index (χ0) is 11.3. The minimum atomic E-state index is -0.396. The summed E-state index contributed by atoms with van der Waals surface area (Å²) in [6.07, 6.45) is 3.31. The minimum Gasteiger partial charge on any atom is -0.380 e. The molecule has 4 heteroatoms. The maximum absolute atomic E-state index is 11.8. The van der Waals surface area contributed by atoms with Crippen molar-refractivity contribution in [2.45, 2.75) is 45.2 Å². The third kappa shape index (κ3) is 3.47. The highest BCUT2D eigenvalue weighted by molar-refractivity contribution is 5.81. The van der Waals surface area contributed by atoms with E-state index in [1.165, 1.54) is 6.42 Å². The quantitative estimate of drug-likeness (QED) is 0.751. The largest absolute Gasteiger partial charge is 0.380 e. The van der Waals surface area contributed by atoms with Crippen LogP contribution in [0.3, 0.4) is 0 Å². The van der Waals surface area contributed by atoms with E-state index in [2.05, 4.69) is 0 Å². The summed E-state index contributed by atoms with van der Waals surface area (Å²) in [5.74, 6) is 0.0550. The molecule has 0 bridgehead atoms. The molecule has 2 atom stereocenters. The molecule has 1 fully saturated rings. The molecule has 0 aromatic carbocycles. The van der Waals surface area contributed by atoms with Crippen LogP contribution in [0.4, 0.5) is 0 Å². The van der Waals surface area contributed by atoms with E-state index in [-0.39, 0.29) is 11.9 Å². The fourth-order valence-electron chi connectivity index (χ4n) is 1.98. The Balaban J connectivity index is 2.53. The van der Waals surface area contributed by atoms with E-state index in [0.717, 1.165) is 19.4 Å². The second kappa shape index (κ2) is 6.08. The van der Waals surface area contributed by atoms with Crippen LogP contribution in [0.5, 0.6) is 0 Å². The van der Waals surface area contributed by atoms with Crippen molar-refractivity contribution in [1.29, 1.82) is 0 Å². The molecule has 0 aromatic rings. The molecular weight excluding hydrogens is 192 g/mol. The zero-order valence-electron chi connectivity index (χ0n) is 9.74. The Labute approximate surface area is 91.8 Å². The van der Waals surface area contributed by atoms with Crippen molar-refractivity contribution < 1.29 is 9.53 Å². The highest BCUT2D eigenvalue weighted by Gasteiger charge is 2.28. The van der Waals surface area contributed by atoms with Gasteiger partial charge in [0, 0.05) is 13.2 Å². The maximum Gasteiger partial charge on any atom is 0.239 e. The lowest BCUT2D eigenvalue weighted by atomic mass is 10.0. The van der Waals surface area contributed by atoms with Crippen LogP contribution in [0, 0.1) is 0 Å². The van der Waals surface area contributed by atoms with Crippen molar-refractivity contribution in [1.82, 2.24) is 4.90 Å². The third-order valence-electron chi connectivity index (χ3n) is 2.81. The van der Waals surface area contributed by atoms with Crippen molar-refractivity contribution >= 4 is 5.91 Å². The Bertz CT molecular complexity index is 207. The number of amides is 1. The van der Waals surface area contributed by atoms with Gasteiger partial charge in [0.05, 0.1) is 18.7 Å². The monoisotopic (exact) mass is 214 g/mol. The molecule has 15 heavy (non-hydrogen) atoms. The number of piperidine rings is 1. The molecule has 88 valence electrons. The lowest BCUT2D eigenvalue weighted by molar-refractivity contribution is -0.137. The lowest BCUT2D eigenvalue weighted by Gasteiger charge is -2.36. The first kappa shape index (κ1) is 12.5. The lowest BCUT2D eigenvalue weighted by Crippen LogP contribution is -2.51. The van der Waals surface area contributed by atoms with E-state index in [4.69, 9.17) is 10.5 Å². The van der Waals surface area contributed by atoms with E-state index < -0.39 is 6.04 Å². The van der Waals surface area contributed by atoms with Crippen molar-refractivity contribution in [3.8, 4) is 0 Å². The molecule has 1 amide bonds. The van der Waals surface area contributed by atoms with E-state index >= 15 is 0 Å². The van der Waals surface area contributed by atoms with Crippen LogP contribution in [0.25, 0.3) is 0 Å². The van der Waals surface area contributed by atoms with E-state index in [0.29, 0.717) is 13.2 Å². The Morgan fingerprint density at radius 3 is 2.93 bits per heavy atom. The molecule has 1 aliphatic heterocycles. The van der Waals surface area contributed by atoms with Crippen molar-refractivity contribution in [3.05, 3.63) is 0 Å². The molecular formula is C11H22N2O2. The first-order valence-corrected chi connectivity index (χ1v) is 5.80. The second-order valence-electron chi connectivity index (χ2n) is 4.13. The van der Waals surface area contributed by atoms with Gasteiger partial charge in [0.25, 0.3) is 0 Å². The first-order valence-electron chi connectivity index (χ1n) is 5.80. The molecule has 4 nitrogen and oxygen atoms in total. The van der Waals surface area contributed by atoms with Gasteiger partial charge in [-0.05, 0) is 33.1 Å². The summed E-state index contributed by atoms with van der Waals surface area (Å²) >= 11 is 0. The number of nitrogens with two attached hydrogens (primary N) is 1. The number of rotatable bonds is 4. The van der Waals surface area contributed by atoms with Gasteiger partial charge in [-0.15, -0.1) is 0 Å². The first-order chi connectivity index (χ1) is 7.16. The highest BCUT2D eigenvalue weighted by Crippen LogP contribution is 2.18. The smallest absolute Gasteiger partial charge is 0.239 e. The van der Waals surface area contributed by atoms with Crippen LogP contribution in [0.2, 0.25) is 0 Å². The molecule has 1 heterocycles. The standard InChI is InChI=1S/C11H22N2O2/c1-3-15-8-10-6-4-5-7-13(10)11(14)9(2)12/h9-10H,3-8,12H2,1-2H3. The molecule has 0 spiro atoms. The molecule has 0 saturated carbocycles. The maximum atomic E-state index is 11.8. The van der Waals surface area contributed by atoms with Crippen LogP contribution in [0.15, 0.2) is 0 Å². The predicted molar refractivity (Wildman–Crippen MR) is 59.5 cm³/mol. The van der Waals surface area contributed by atoms with Crippen molar-refractivity contribution in [3.63, 3.8) is 0 Å². The van der Waals surface area contributed by atoms with Crippen molar-refractivity contribution in [2.75, 3.05) is 19.8 Å². The van der Waals surface area contributed by atoms with E-state index in [1.54, 1.807) is 6.92 Å². The summed E-state index contributed by atoms with van der Waals surface area (Å²) in [5, 5.41) is 0. The van der Waals surface area contributed by atoms with Gasteiger partial charge in [-0.2, -0.15) is 0 Å². The third-order valence-corrected chi connectivity index (χ3v) is 2.81. The summed E-state index contributed by atoms with van der Waals surface area (Å²) in [6.45, 7) is 5.90. The van der Waals surface area contributed by atoms with E-state index in [1.807, 2.05) is 11.8 Å². The van der Waals surface area contributed by atoms with E-state index in [9.17, 15) is 4.79 Å². The van der Waals surface area contributed by atoms with Crippen LogP contribution < -0.4 is 5.73 Å². The average molecular weight is 214 g/mol. The zero-order valence-corrected chi connectivity index (χ0v) is 9.74.